The lowest BCUT2D eigenvalue weighted by Gasteiger charge is -2.47. The molecule has 2 aliphatic rings. The number of piperidine rings is 1. The summed E-state index contributed by atoms with van der Waals surface area (Å²) in [5.74, 6) is 1.59. The van der Waals surface area contributed by atoms with E-state index in [0.717, 1.165) is 23.5 Å². The highest BCUT2D eigenvalue weighted by Crippen LogP contribution is 2.41. The van der Waals surface area contributed by atoms with Gasteiger partial charge in [-0.15, -0.1) is 5.10 Å². The number of fused-ring (bicyclic) bond motifs is 2. The van der Waals surface area contributed by atoms with Gasteiger partial charge in [-0.05, 0) is 31.1 Å². The lowest BCUT2D eigenvalue weighted by molar-refractivity contribution is 0.177. The quantitative estimate of drug-likeness (QED) is 0.812. The highest BCUT2D eigenvalue weighted by atomic mass is 32.1. The van der Waals surface area contributed by atoms with E-state index in [-0.39, 0.29) is 5.56 Å². The molecule has 2 fully saturated rings. The van der Waals surface area contributed by atoms with Gasteiger partial charge >= 0.3 is 0 Å². The molecule has 3 unspecified atom stereocenters. The van der Waals surface area contributed by atoms with Crippen molar-refractivity contribution >= 4 is 21.4 Å². The maximum absolute atomic E-state index is 11.9. The van der Waals surface area contributed by atoms with Crippen molar-refractivity contribution in [3.8, 4) is 0 Å². The van der Waals surface area contributed by atoms with Gasteiger partial charge in [0.05, 0.1) is 0 Å². The Hall–Kier alpha value is -1.43. The van der Waals surface area contributed by atoms with Crippen LogP contribution in [0.15, 0.2) is 17.1 Å². The molecule has 0 amide bonds. The first kappa shape index (κ1) is 13.2. The average Bonchev–Trinajstić information content (AvgIpc) is 2.93. The molecule has 3 atom stereocenters. The molecule has 0 bridgehead atoms. The van der Waals surface area contributed by atoms with E-state index < -0.39 is 0 Å². The normalized spacial score (nSPS) is 29.6. The van der Waals surface area contributed by atoms with Crippen molar-refractivity contribution in [3.63, 3.8) is 0 Å². The molecule has 0 spiro atoms. The molecule has 1 aliphatic carbocycles. The lowest BCUT2D eigenvalue weighted by atomic mass is 9.73. The molecule has 21 heavy (non-hydrogen) atoms. The summed E-state index contributed by atoms with van der Waals surface area (Å²) < 4.78 is 1.44. The van der Waals surface area contributed by atoms with E-state index in [0.29, 0.717) is 11.0 Å². The van der Waals surface area contributed by atoms with E-state index in [2.05, 4.69) is 21.9 Å². The first-order valence-electron chi connectivity index (χ1n) is 7.85. The van der Waals surface area contributed by atoms with E-state index in [9.17, 15) is 4.79 Å². The van der Waals surface area contributed by atoms with Crippen molar-refractivity contribution in [2.45, 2.75) is 45.1 Å². The molecular formula is C15H20N4OS. The van der Waals surface area contributed by atoms with Gasteiger partial charge < -0.3 is 4.90 Å². The summed E-state index contributed by atoms with van der Waals surface area (Å²) in [6, 6.07) is 2.07. The van der Waals surface area contributed by atoms with Gasteiger partial charge in [-0.2, -0.15) is 4.52 Å². The van der Waals surface area contributed by atoms with Gasteiger partial charge in [0.25, 0.3) is 5.56 Å². The van der Waals surface area contributed by atoms with Crippen LogP contribution in [0.1, 0.15) is 39.0 Å². The Morgan fingerprint density at radius 1 is 1.29 bits per heavy atom. The second kappa shape index (κ2) is 5.09. The fourth-order valence-electron chi connectivity index (χ4n) is 4.00. The molecule has 3 heterocycles. The Bertz CT molecular complexity index is 709. The standard InChI is InChI=1S/C15H20N4OS/c1-10-7-9-18(12-5-3-2-4-11(10)12)15-17-19-13(20)6-8-16-14(19)21-15/h6,8,10-12H,2-5,7,9H2,1H3. The van der Waals surface area contributed by atoms with Crippen molar-refractivity contribution in [3.05, 3.63) is 22.6 Å². The summed E-state index contributed by atoms with van der Waals surface area (Å²) in [5, 5.41) is 5.51. The Morgan fingerprint density at radius 3 is 3.00 bits per heavy atom. The Labute approximate surface area is 127 Å². The minimum absolute atomic E-state index is 0.0897. The highest BCUT2D eigenvalue weighted by Gasteiger charge is 2.38. The second-order valence-electron chi connectivity index (χ2n) is 6.34. The molecule has 1 saturated carbocycles. The average molecular weight is 304 g/mol. The van der Waals surface area contributed by atoms with Gasteiger partial charge in [0.2, 0.25) is 10.1 Å². The zero-order valence-electron chi connectivity index (χ0n) is 12.2. The molecule has 0 aromatic carbocycles. The first-order chi connectivity index (χ1) is 10.2. The Kier molecular flexibility index (Phi) is 3.21. The number of hydrogen-bond donors (Lipinski definition) is 0. The number of anilines is 1. The molecule has 4 rings (SSSR count). The van der Waals surface area contributed by atoms with Crippen molar-refractivity contribution < 1.29 is 0 Å². The molecule has 1 saturated heterocycles. The molecule has 112 valence electrons. The smallest absolute Gasteiger partial charge is 0.275 e. The van der Waals surface area contributed by atoms with Crippen LogP contribution in [0.2, 0.25) is 0 Å². The van der Waals surface area contributed by atoms with E-state index in [1.54, 1.807) is 17.5 Å². The molecule has 5 nitrogen and oxygen atoms in total. The summed E-state index contributed by atoms with van der Waals surface area (Å²) in [5.41, 5.74) is -0.0897. The van der Waals surface area contributed by atoms with Gasteiger partial charge in [-0.3, -0.25) is 4.79 Å². The minimum atomic E-state index is -0.0897. The summed E-state index contributed by atoms with van der Waals surface area (Å²) in [6.45, 7) is 3.45. The lowest BCUT2D eigenvalue weighted by Crippen LogP contribution is -2.50. The zero-order valence-corrected chi connectivity index (χ0v) is 13.1. The van der Waals surface area contributed by atoms with Crippen molar-refractivity contribution in [2.24, 2.45) is 11.8 Å². The van der Waals surface area contributed by atoms with Crippen LogP contribution in [-0.2, 0) is 0 Å². The topological polar surface area (TPSA) is 50.5 Å². The maximum atomic E-state index is 11.9. The van der Waals surface area contributed by atoms with Crippen LogP contribution in [0.3, 0.4) is 0 Å². The largest absolute Gasteiger partial charge is 0.343 e. The fourth-order valence-corrected chi connectivity index (χ4v) is 4.96. The SMILES string of the molecule is CC1CCN(c2nn3c(=O)ccnc3s2)C2CCCCC12. The molecule has 0 radical (unpaired) electrons. The minimum Gasteiger partial charge on any atom is -0.343 e. The van der Waals surface area contributed by atoms with Gasteiger partial charge in [0.1, 0.15) is 0 Å². The first-order valence-corrected chi connectivity index (χ1v) is 8.67. The van der Waals surface area contributed by atoms with Crippen LogP contribution in [0.4, 0.5) is 5.13 Å². The third-order valence-electron chi connectivity index (χ3n) is 5.14. The summed E-state index contributed by atoms with van der Waals surface area (Å²) >= 11 is 1.54. The molecule has 2 aromatic heterocycles. The molecule has 2 aromatic rings. The number of rotatable bonds is 1. The van der Waals surface area contributed by atoms with Crippen molar-refractivity contribution in [1.29, 1.82) is 0 Å². The predicted molar refractivity (Wildman–Crippen MR) is 84.0 cm³/mol. The third kappa shape index (κ3) is 2.16. The van der Waals surface area contributed by atoms with Crippen LogP contribution in [-0.4, -0.2) is 27.2 Å². The fraction of sp³-hybridized carbons (Fsp3) is 0.667. The molecular weight excluding hydrogens is 284 g/mol. The summed E-state index contributed by atoms with van der Waals surface area (Å²) in [6.07, 6.45) is 8.06. The van der Waals surface area contributed by atoms with E-state index in [1.165, 1.54) is 42.7 Å². The van der Waals surface area contributed by atoms with E-state index in [4.69, 9.17) is 0 Å². The predicted octanol–water partition coefficient (Wildman–Crippen LogP) is 2.56. The number of hydrogen-bond acceptors (Lipinski definition) is 5. The number of aromatic nitrogens is 3. The van der Waals surface area contributed by atoms with Crippen molar-refractivity contribution in [1.82, 2.24) is 14.6 Å². The van der Waals surface area contributed by atoms with Gasteiger partial charge in [0.15, 0.2) is 0 Å². The van der Waals surface area contributed by atoms with Crippen LogP contribution in [0.25, 0.3) is 4.96 Å². The number of nitrogens with zero attached hydrogens (tertiary/aromatic N) is 4. The van der Waals surface area contributed by atoms with E-state index in [1.807, 2.05) is 0 Å². The second-order valence-corrected chi connectivity index (χ2v) is 7.27. The summed E-state index contributed by atoms with van der Waals surface area (Å²) in [4.78, 5) is 19.3. The van der Waals surface area contributed by atoms with Crippen molar-refractivity contribution in [2.75, 3.05) is 11.4 Å². The Morgan fingerprint density at radius 2 is 2.14 bits per heavy atom. The molecule has 1 aliphatic heterocycles. The van der Waals surface area contributed by atoms with Crippen LogP contribution in [0, 0.1) is 11.8 Å². The van der Waals surface area contributed by atoms with Gasteiger partial charge in [-0.25, -0.2) is 4.98 Å². The summed E-state index contributed by atoms with van der Waals surface area (Å²) in [7, 11) is 0. The van der Waals surface area contributed by atoms with E-state index >= 15 is 0 Å². The zero-order chi connectivity index (χ0) is 14.4. The van der Waals surface area contributed by atoms with Gasteiger partial charge in [0, 0.05) is 24.8 Å². The van der Waals surface area contributed by atoms with Crippen LogP contribution in [0.5, 0.6) is 0 Å². The third-order valence-corrected chi connectivity index (χ3v) is 6.10. The monoisotopic (exact) mass is 304 g/mol. The van der Waals surface area contributed by atoms with Gasteiger partial charge in [-0.1, -0.05) is 31.1 Å². The maximum Gasteiger partial charge on any atom is 0.275 e. The molecule has 0 N–H and O–H groups in total. The Balaban J connectivity index is 1.73. The highest BCUT2D eigenvalue weighted by molar-refractivity contribution is 7.20. The molecule has 6 heteroatoms. The van der Waals surface area contributed by atoms with Crippen LogP contribution < -0.4 is 10.5 Å². The van der Waals surface area contributed by atoms with Crippen LogP contribution >= 0.6 is 11.3 Å².